The quantitative estimate of drug-likeness (QED) is 0.812. The standard InChI is InChI=1S/C18H24FN3O3/c1-13(23)22-11-10-21(12-16(22)18(25)20(2)3)17(24)9-6-14-4-7-15(19)8-5-14/h4-5,7-8,16H,6,9-12H2,1-3H3/t16-/m0/s1. The number of amides is 3. The van der Waals surface area contributed by atoms with Crippen LogP contribution in [0, 0.1) is 5.82 Å². The van der Waals surface area contributed by atoms with Gasteiger partial charge in [0, 0.05) is 40.5 Å². The minimum Gasteiger partial charge on any atom is -0.347 e. The fourth-order valence-electron chi connectivity index (χ4n) is 2.96. The molecule has 6 nitrogen and oxygen atoms in total. The van der Waals surface area contributed by atoms with E-state index in [2.05, 4.69) is 0 Å². The summed E-state index contributed by atoms with van der Waals surface area (Å²) in [5, 5.41) is 0. The number of benzene rings is 1. The summed E-state index contributed by atoms with van der Waals surface area (Å²) in [6.07, 6.45) is 0.799. The van der Waals surface area contributed by atoms with Crippen molar-refractivity contribution in [2.24, 2.45) is 0 Å². The van der Waals surface area contributed by atoms with Crippen LogP contribution in [0.25, 0.3) is 0 Å². The Morgan fingerprint density at radius 2 is 1.80 bits per heavy atom. The molecule has 1 aliphatic rings. The van der Waals surface area contributed by atoms with Gasteiger partial charge < -0.3 is 14.7 Å². The van der Waals surface area contributed by atoms with Crippen molar-refractivity contribution in [1.82, 2.24) is 14.7 Å². The first-order chi connectivity index (χ1) is 11.8. The molecule has 0 aromatic heterocycles. The molecule has 136 valence electrons. The van der Waals surface area contributed by atoms with E-state index in [4.69, 9.17) is 0 Å². The van der Waals surface area contributed by atoms with E-state index < -0.39 is 6.04 Å². The molecule has 1 saturated heterocycles. The molecule has 1 atom stereocenters. The van der Waals surface area contributed by atoms with Crippen molar-refractivity contribution in [3.8, 4) is 0 Å². The second-order valence-corrected chi connectivity index (χ2v) is 6.43. The molecular formula is C18H24FN3O3. The van der Waals surface area contributed by atoms with Gasteiger partial charge in [-0.1, -0.05) is 12.1 Å². The molecule has 1 aliphatic heterocycles. The van der Waals surface area contributed by atoms with Gasteiger partial charge in [0.2, 0.25) is 17.7 Å². The van der Waals surface area contributed by atoms with Crippen molar-refractivity contribution in [3.05, 3.63) is 35.6 Å². The lowest BCUT2D eigenvalue weighted by molar-refractivity contribution is -0.150. The summed E-state index contributed by atoms with van der Waals surface area (Å²) in [6.45, 7) is 2.40. The van der Waals surface area contributed by atoms with Crippen LogP contribution in [0.1, 0.15) is 18.9 Å². The first kappa shape index (κ1) is 18.9. The third-order valence-corrected chi connectivity index (χ3v) is 4.40. The molecule has 1 heterocycles. The molecule has 0 unspecified atom stereocenters. The van der Waals surface area contributed by atoms with Crippen molar-refractivity contribution in [2.45, 2.75) is 25.8 Å². The van der Waals surface area contributed by atoms with E-state index in [9.17, 15) is 18.8 Å². The van der Waals surface area contributed by atoms with Gasteiger partial charge in [0.15, 0.2) is 0 Å². The maximum Gasteiger partial charge on any atom is 0.246 e. The summed E-state index contributed by atoms with van der Waals surface area (Å²) < 4.78 is 12.9. The van der Waals surface area contributed by atoms with Crippen LogP contribution in [-0.4, -0.2) is 72.2 Å². The summed E-state index contributed by atoms with van der Waals surface area (Å²) in [5.41, 5.74) is 0.887. The topological polar surface area (TPSA) is 60.9 Å². The number of carbonyl (C=O) groups excluding carboxylic acids is 3. The molecule has 2 rings (SSSR count). The SMILES string of the molecule is CC(=O)N1CCN(C(=O)CCc2ccc(F)cc2)C[C@H]1C(=O)N(C)C. The van der Waals surface area contributed by atoms with E-state index in [1.165, 1.54) is 28.9 Å². The molecule has 1 fully saturated rings. The monoisotopic (exact) mass is 349 g/mol. The van der Waals surface area contributed by atoms with Crippen LogP contribution in [0.15, 0.2) is 24.3 Å². The summed E-state index contributed by atoms with van der Waals surface area (Å²) in [7, 11) is 3.27. The second-order valence-electron chi connectivity index (χ2n) is 6.43. The third-order valence-electron chi connectivity index (χ3n) is 4.40. The largest absolute Gasteiger partial charge is 0.347 e. The van der Waals surface area contributed by atoms with Crippen molar-refractivity contribution < 1.29 is 18.8 Å². The normalized spacial score (nSPS) is 17.4. The average molecular weight is 349 g/mol. The van der Waals surface area contributed by atoms with Crippen molar-refractivity contribution in [1.29, 1.82) is 0 Å². The zero-order chi connectivity index (χ0) is 18.6. The molecule has 0 N–H and O–H groups in total. The van der Waals surface area contributed by atoms with Crippen LogP contribution in [-0.2, 0) is 20.8 Å². The zero-order valence-corrected chi connectivity index (χ0v) is 14.9. The van der Waals surface area contributed by atoms with Gasteiger partial charge in [-0.2, -0.15) is 0 Å². The Hall–Kier alpha value is -2.44. The van der Waals surface area contributed by atoms with E-state index in [1.807, 2.05) is 0 Å². The lowest BCUT2D eigenvalue weighted by Crippen LogP contribution is -2.61. The number of aryl methyl sites for hydroxylation is 1. The van der Waals surface area contributed by atoms with E-state index in [-0.39, 0.29) is 36.5 Å². The van der Waals surface area contributed by atoms with Crippen LogP contribution in [0.5, 0.6) is 0 Å². The highest BCUT2D eigenvalue weighted by molar-refractivity contribution is 5.88. The molecule has 0 spiro atoms. The molecular weight excluding hydrogens is 325 g/mol. The highest BCUT2D eigenvalue weighted by atomic mass is 19.1. The first-order valence-corrected chi connectivity index (χ1v) is 8.30. The number of halogens is 1. The predicted molar refractivity (Wildman–Crippen MR) is 91.2 cm³/mol. The smallest absolute Gasteiger partial charge is 0.246 e. The summed E-state index contributed by atoms with van der Waals surface area (Å²) in [5.74, 6) is -0.727. The van der Waals surface area contributed by atoms with Crippen LogP contribution < -0.4 is 0 Å². The van der Waals surface area contributed by atoms with Gasteiger partial charge in [-0.15, -0.1) is 0 Å². The number of piperazine rings is 1. The second kappa shape index (κ2) is 8.09. The number of hydrogen-bond donors (Lipinski definition) is 0. The van der Waals surface area contributed by atoms with Crippen LogP contribution in [0.4, 0.5) is 4.39 Å². The van der Waals surface area contributed by atoms with E-state index in [0.717, 1.165) is 5.56 Å². The van der Waals surface area contributed by atoms with Crippen molar-refractivity contribution >= 4 is 17.7 Å². The third kappa shape index (κ3) is 4.78. The maximum absolute atomic E-state index is 12.9. The molecule has 1 aromatic carbocycles. The lowest BCUT2D eigenvalue weighted by atomic mass is 10.1. The van der Waals surface area contributed by atoms with E-state index in [0.29, 0.717) is 19.5 Å². The van der Waals surface area contributed by atoms with Crippen LogP contribution in [0.2, 0.25) is 0 Å². The number of hydrogen-bond acceptors (Lipinski definition) is 3. The highest BCUT2D eigenvalue weighted by Gasteiger charge is 2.36. The molecule has 0 saturated carbocycles. The van der Waals surface area contributed by atoms with Crippen molar-refractivity contribution in [2.75, 3.05) is 33.7 Å². The molecule has 0 aliphatic carbocycles. The zero-order valence-electron chi connectivity index (χ0n) is 14.9. The Morgan fingerprint density at radius 1 is 1.16 bits per heavy atom. The maximum atomic E-state index is 12.9. The van der Waals surface area contributed by atoms with Gasteiger partial charge in [-0.05, 0) is 24.1 Å². The Bertz CT molecular complexity index is 645. The van der Waals surface area contributed by atoms with Gasteiger partial charge in [-0.25, -0.2) is 4.39 Å². The summed E-state index contributed by atoms with van der Waals surface area (Å²) in [6, 6.07) is 5.42. The lowest BCUT2D eigenvalue weighted by Gasteiger charge is -2.41. The van der Waals surface area contributed by atoms with Gasteiger partial charge in [0.1, 0.15) is 11.9 Å². The molecule has 0 radical (unpaired) electrons. The van der Waals surface area contributed by atoms with Gasteiger partial charge in [0.25, 0.3) is 0 Å². The molecule has 7 heteroatoms. The Morgan fingerprint density at radius 3 is 2.36 bits per heavy atom. The van der Waals surface area contributed by atoms with Crippen molar-refractivity contribution in [3.63, 3.8) is 0 Å². The Balaban J connectivity index is 1.99. The number of carbonyl (C=O) groups is 3. The van der Waals surface area contributed by atoms with E-state index >= 15 is 0 Å². The predicted octanol–water partition coefficient (Wildman–Crippen LogP) is 0.906. The highest BCUT2D eigenvalue weighted by Crippen LogP contribution is 2.14. The average Bonchev–Trinajstić information content (AvgIpc) is 2.59. The first-order valence-electron chi connectivity index (χ1n) is 8.30. The fraction of sp³-hybridized carbons (Fsp3) is 0.500. The molecule has 3 amide bonds. The van der Waals surface area contributed by atoms with Gasteiger partial charge in [0.05, 0.1) is 6.54 Å². The van der Waals surface area contributed by atoms with Crippen LogP contribution in [0.3, 0.4) is 0 Å². The summed E-state index contributed by atoms with van der Waals surface area (Å²) >= 11 is 0. The Kier molecular flexibility index (Phi) is 6.12. The minimum atomic E-state index is -0.643. The molecule has 1 aromatic rings. The molecule has 25 heavy (non-hydrogen) atoms. The minimum absolute atomic E-state index is 0.0657. The van der Waals surface area contributed by atoms with E-state index in [1.54, 1.807) is 31.1 Å². The Labute approximate surface area is 147 Å². The number of likely N-dealkylation sites (N-methyl/N-ethyl adjacent to an activating group) is 1. The van der Waals surface area contributed by atoms with Gasteiger partial charge in [-0.3, -0.25) is 14.4 Å². The fourth-order valence-corrected chi connectivity index (χ4v) is 2.96. The van der Waals surface area contributed by atoms with Crippen LogP contribution >= 0.6 is 0 Å². The number of nitrogens with zero attached hydrogens (tertiary/aromatic N) is 3. The molecule has 0 bridgehead atoms. The number of rotatable bonds is 4. The van der Waals surface area contributed by atoms with Gasteiger partial charge >= 0.3 is 0 Å². The summed E-state index contributed by atoms with van der Waals surface area (Å²) in [4.78, 5) is 41.2.